The summed E-state index contributed by atoms with van der Waals surface area (Å²) in [6.07, 6.45) is 2.68. The number of nitrogens with zero attached hydrogens (tertiary/aromatic N) is 1. The summed E-state index contributed by atoms with van der Waals surface area (Å²) in [7, 11) is 0. The van der Waals surface area contributed by atoms with E-state index in [2.05, 4.69) is 33.9 Å². The maximum Gasteiger partial charge on any atom is 0.0652 e. The molecular formula is C15H14N2S. The first-order valence-electron chi connectivity index (χ1n) is 5.95. The van der Waals surface area contributed by atoms with Gasteiger partial charge in [-0.3, -0.25) is 4.98 Å². The summed E-state index contributed by atoms with van der Waals surface area (Å²) in [6, 6.07) is 12.3. The molecule has 0 aliphatic rings. The average Bonchev–Trinajstić information content (AvgIpc) is 2.91. The van der Waals surface area contributed by atoms with Gasteiger partial charge in [0, 0.05) is 11.6 Å². The van der Waals surface area contributed by atoms with E-state index in [1.165, 1.54) is 10.9 Å². The lowest BCUT2D eigenvalue weighted by Gasteiger charge is -2.12. The zero-order valence-corrected chi connectivity index (χ0v) is 10.7. The summed E-state index contributed by atoms with van der Waals surface area (Å²) >= 11 is 1.70. The Morgan fingerprint density at radius 3 is 2.89 bits per heavy atom. The van der Waals surface area contributed by atoms with E-state index in [-0.39, 0.29) is 6.04 Å². The molecule has 0 aliphatic carbocycles. The van der Waals surface area contributed by atoms with Crippen LogP contribution in [0.15, 0.2) is 53.4 Å². The van der Waals surface area contributed by atoms with Gasteiger partial charge in [0.1, 0.15) is 0 Å². The van der Waals surface area contributed by atoms with E-state index >= 15 is 0 Å². The Labute approximate surface area is 110 Å². The van der Waals surface area contributed by atoms with Gasteiger partial charge in [-0.25, -0.2) is 0 Å². The first kappa shape index (κ1) is 11.4. The number of thiophene rings is 1. The van der Waals surface area contributed by atoms with E-state index in [0.717, 1.165) is 17.5 Å². The summed E-state index contributed by atoms with van der Waals surface area (Å²) < 4.78 is 0. The summed E-state index contributed by atoms with van der Waals surface area (Å²) in [5.41, 5.74) is 8.56. The zero-order valence-electron chi connectivity index (χ0n) is 9.91. The van der Waals surface area contributed by atoms with Crippen LogP contribution >= 0.6 is 11.3 Å². The second kappa shape index (κ2) is 4.88. The van der Waals surface area contributed by atoms with E-state index in [1.54, 1.807) is 11.3 Å². The molecule has 90 valence electrons. The Kier molecular flexibility index (Phi) is 3.09. The second-order valence-electron chi connectivity index (χ2n) is 4.36. The van der Waals surface area contributed by atoms with Crippen LogP contribution in [0.2, 0.25) is 0 Å². The van der Waals surface area contributed by atoms with Crippen molar-refractivity contribution in [3.63, 3.8) is 0 Å². The summed E-state index contributed by atoms with van der Waals surface area (Å²) in [5, 5.41) is 6.58. The molecule has 0 saturated carbocycles. The Morgan fingerprint density at radius 1 is 1.17 bits per heavy atom. The number of nitrogens with two attached hydrogens (primary N) is 1. The van der Waals surface area contributed by atoms with Crippen LogP contribution in [-0.4, -0.2) is 4.98 Å². The molecule has 0 spiro atoms. The van der Waals surface area contributed by atoms with Crippen molar-refractivity contribution in [3.05, 3.63) is 64.6 Å². The maximum atomic E-state index is 6.29. The van der Waals surface area contributed by atoms with Gasteiger partial charge in [-0.05, 0) is 40.3 Å². The first-order valence-corrected chi connectivity index (χ1v) is 6.89. The maximum absolute atomic E-state index is 6.29. The van der Waals surface area contributed by atoms with Crippen molar-refractivity contribution in [2.24, 2.45) is 5.73 Å². The predicted octanol–water partition coefficient (Wildman–Crippen LogP) is 3.54. The highest BCUT2D eigenvalue weighted by Gasteiger charge is 2.12. The van der Waals surface area contributed by atoms with Crippen LogP contribution in [-0.2, 0) is 6.42 Å². The quantitative estimate of drug-likeness (QED) is 0.776. The smallest absolute Gasteiger partial charge is 0.0652 e. The second-order valence-corrected chi connectivity index (χ2v) is 5.14. The lowest BCUT2D eigenvalue weighted by Crippen LogP contribution is -2.15. The van der Waals surface area contributed by atoms with Crippen LogP contribution in [0, 0.1) is 0 Å². The van der Waals surface area contributed by atoms with E-state index in [9.17, 15) is 0 Å². The minimum Gasteiger partial charge on any atom is -0.322 e. The standard InChI is InChI=1S/C15H14N2S/c16-14(9-11-6-8-18-10-11)15-13-4-2-1-3-12(13)5-7-17-15/h1-8,10,14H,9,16H2. The minimum absolute atomic E-state index is 0.0503. The molecule has 0 radical (unpaired) electrons. The fourth-order valence-corrected chi connectivity index (χ4v) is 2.88. The van der Waals surface area contributed by atoms with Crippen LogP contribution in [0.3, 0.4) is 0 Å². The monoisotopic (exact) mass is 254 g/mol. The van der Waals surface area contributed by atoms with Gasteiger partial charge < -0.3 is 5.73 Å². The molecule has 2 heterocycles. The molecule has 1 atom stereocenters. The van der Waals surface area contributed by atoms with Gasteiger partial charge in [-0.15, -0.1) is 0 Å². The summed E-state index contributed by atoms with van der Waals surface area (Å²) in [6.45, 7) is 0. The molecule has 3 heteroatoms. The highest BCUT2D eigenvalue weighted by molar-refractivity contribution is 7.07. The Morgan fingerprint density at radius 2 is 2.06 bits per heavy atom. The number of rotatable bonds is 3. The minimum atomic E-state index is -0.0503. The van der Waals surface area contributed by atoms with Crippen molar-refractivity contribution < 1.29 is 0 Å². The third-order valence-corrected chi connectivity index (χ3v) is 3.82. The number of hydrogen-bond acceptors (Lipinski definition) is 3. The number of hydrogen-bond donors (Lipinski definition) is 1. The molecular weight excluding hydrogens is 240 g/mol. The number of aromatic nitrogens is 1. The van der Waals surface area contributed by atoms with Crippen molar-refractivity contribution >= 4 is 22.1 Å². The van der Waals surface area contributed by atoms with Gasteiger partial charge in [-0.2, -0.15) is 11.3 Å². The molecule has 2 N–H and O–H groups in total. The highest BCUT2D eigenvalue weighted by atomic mass is 32.1. The van der Waals surface area contributed by atoms with Crippen molar-refractivity contribution in [1.29, 1.82) is 0 Å². The lowest BCUT2D eigenvalue weighted by atomic mass is 10.0. The third kappa shape index (κ3) is 2.15. The topological polar surface area (TPSA) is 38.9 Å². The molecule has 0 amide bonds. The molecule has 0 aliphatic heterocycles. The normalized spacial score (nSPS) is 12.7. The molecule has 1 unspecified atom stereocenters. The van der Waals surface area contributed by atoms with Crippen LogP contribution in [0.1, 0.15) is 17.3 Å². The molecule has 0 saturated heterocycles. The van der Waals surface area contributed by atoms with Crippen LogP contribution in [0.4, 0.5) is 0 Å². The van der Waals surface area contributed by atoms with Crippen molar-refractivity contribution in [2.75, 3.05) is 0 Å². The van der Waals surface area contributed by atoms with Crippen molar-refractivity contribution in [1.82, 2.24) is 4.98 Å². The van der Waals surface area contributed by atoms with Crippen molar-refractivity contribution in [3.8, 4) is 0 Å². The fourth-order valence-electron chi connectivity index (χ4n) is 2.20. The molecule has 0 fully saturated rings. The molecule has 1 aromatic carbocycles. The zero-order chi connectivity index (χ0) is 12.4. The van der Waals surface area contributed by atoms with E-state index in [4.69, 9.17) is 5.73 Å². The highest BCUT2D eigenvalue weighted by Crippen LogP contribution is 2.23. The molecule has 3 rings (SSSR count). The summed E-state index contributed by atoms with van der Waals surface area (Å²) in [5.74, 6) is 0. The van der Waals surface area contributed by atoms with E-state index in [0.29, 0.717) is 0 Å². The number of benzene rings is 1. The SMILES string of the molecule is NC(Cc1ccsc1)c1nccc2ccccc12. The fraction of sp³-hybridized carbons (Fsp3) is 0.133. The Bertz CT molecular complexity index is 641. The van der Waals surface area contributed by atoms with Gasteiger partial charge in [0.25, 0.3) is 0 Å². The van der Waals surface area contributed by atoms with E-state index < -0.39 is 0 Å². The molecule has 2 aromatic heterocycles. The molecule has 2 nitrogen and oxygen atoms in total. The van der Waals surface area contributed by atoms with Crippen LogP contribution < -0.4 is 5.73 Å². The van der Waals surface area contributed by atoms with Gasteiger partial charge in [0.15, 0.2) is 0 Å². The Balaban J connectivity index is 1.98. The molecule has 18 heavy (non-hydrogen) atoms. The number of fused-ring (bicyclic) bond motifs is 1. The molecule has 3 aromatic rings. The largest absolute Gasteiger partial charge is 0.322 e. The average molecular weight is 254 g/mol. The van der Waals surface area contributed by atoms with Gasteiger partial charge in [-0.1, -0.05) is 24.3 Å². The van der Waals surface area contributed by atoms with Gasteiger partial charge in [0.2, 0.25) is 0 Å². The predicted molar refractivity (Wildman–Crippen MR) is 76.7 cm³/mol. The van der Waals surface area contributed by atoms with Crippen molar-refractivity contribution in [2.45, 2.75) is 12.5 Å². The first-order chi connectivity index (χ1) is 8.84. The van der Waals surface area contributed by atoms with Gasteiger partial charge in [0.05, 0.1) is 11.7 Å². The Hall–Kier alpha value is -1.71. The van der Waals surface area contributed by atoms with E-state index in [1.807, 2.05) is 24.4 Å². The lowest BCUT2D eigenvalue weighted by molar-refractivity contribution is 0.705. The third-order valence-electron chi connectivity index (χ3n) is 3.09. The van der Waals surface area contributed by atoms with Crippen LogP contribution in [0.25, 0.3) is 10.8 Å². The van der Waals surface area contributed by atoms with Gasteiger partial charge >= 0.3 is 0 Å². The van der Waals surface area contributed by atoms with Crippen LogP contribution in [0.5, 0.6) is 0 Å². The number of pyridine rings is 1. The molecule has 0 bridgehead atoms. The summed E-state index contributed by atoms with van der Waals surface area (Å²) in [4.78, 5) is 4.47.